The Morgan fingerprint density at radius 3 is 2.53 bits per heavy atom. The number of amides is 1. The molecule has 1 amide bonds. The smallest absolute Gasteiger partial charge is 0.243 e. The highest BCUT2D eigenvalue weighted by molar-refractivity contribution is 7.89. The largest absolute Gasteiger partial charge is 0.375 e. The third-order valence-corrected chi connectivity index (χ3v) is 7.46. The Bertz CT molecular complexity index is 930. The topological polar surface area (TPSA) is 69.7 Å². The number of aryl methyl sites for hydroxylation is 1. The van der Waals surface area contributed by atoms with Crippen molar-refractivity contribution in [3.63, 3.8) is 0 Å². The van der Waals surface area contributed by atoms with Crippen molar-refractivity contribution >= 4 is 21.6 Å². The van der Waals surface area contributed by atoms with E-state index in [1.807, 2.05) is 32.2 Å². The van der Waals surface area contributed by atoms with Crippen molar-refractivity contribution in [3.8, 4) is 0 Å². The van der Waals surface area contributed by atoms with E-state index in [1.54, 1.807) is 24.3 Å². The van der Waals surface area contributed by atoms with Gasteiger partial charge in [-0.3, -0.25) is 4.79 Å². The maximum Gasteiger partial charge on any atom is 0.243 e. The Labute approximate surface area is 179 Å². The lowest BCUT2D eigenvalue weighted by Gasteiger charge is -2.31. The quantitative estimate of drug-likeness (QED) is 0.655. The lowest BCUT2D eigenvalue weighted by Crippen LogP contribution is -2.45. The Morgan fingerprint density at radius 1 is 1.13 bits per heavy atom. The van der Waals surface area contributed by atoms with E-state index in [4.69, 9.17) is 0 Å². The number of piperidine rings is 1. The van der Waals surface area contributed by atoms with Gasteiger partial charge in [-0.25, -0.2) is 8.42 Å². The summed E-state index contributed by atoms with van der Waals surface area (Å²) in [5, 5.41) is 2.99. The molecule has 0 saturated carbocycles. The Hall–Kier alpha value is -2.38. The van der Waals surface area contributed by atoms with Gasteiger partial charge in [0.1, 0.15) is 0 Å². The lowest BCUT2D eigenvalue weighted by atomic mass is 9.99. The minimum absolute atomic E-state index is 0.0545. The average molecular weight is 430 g/mol. The zero-order chi connectivity index (χ0) is 21.6. The van der Waals surface area contributed by atoms with Crippen LogP contribution in [0.1, 0.15) is 24.8 Å². The van der Waals surface area contributed by atoms with Crippen molar-refractivity contribution in [2.45, 2.75) is 31.1 Å². The standard InChI is InChI=1S/C23H31N3O3S/c1-19-11-13-22(14-12-19)30(28,29)26-17-6-8-20(18-26)23(27)24-15-7-16-25(2)21-9-4-3-5-10-21/h3-5,9-14,20H,6-8,15-18H2,1-2H3,(H,24,27)/t20-/m1/s1. The van der Waals surface area contributed by atoms with Crippen LogP contribution in [0.5, 0.6) is 0 Å². The van der Waals surface area contributed by atoms with Gasteiger partial charge in [-0.05, 0) is 50.5 Å². The van der Waals surface area contributed by atoms with Crippen LogP contribution < -0.4 is 10.2 Å². The number of hydrogen-bond acceptors (Lipinski definition) is 4. The lowest BCUT2D eigenvalue weighted by molar-refractivity contribution is -0.126. The molecule has 1 aliphatic rings. The Balaban J connectivity index is 1.49. The molecule has 0 spiro atoms. The fraction of sp³-hybridized carbons (Fsp3) is 0.435. The van der Waals surface area contributed by atoms with Crippen LogP contribution in [0.15, 0.2) is 59.5 Å². The number of sulfonamides is 1. The third kappa shape index (κ3) is 5.61. The molecular formula is C23H31N3O3S. The van der Waals surface area contributed by atoms with Crippen molar-refractivity contribution in [2.24, 2.45) is 5.92 Å². The van der Waals surface area contributed by atoms with Crippen LogP contribution in [0.25, 0.3) is 0 Å². The van der Waals surface area contributed by atoms with Gasteiger partial charge in [-0.1, -0.05) is 35.9 Å². The van der Waals surface area contributed by atoms with Crippen LogP contribution in [-0.2, 0) is 14.8 Å². The van der Waals surface area contributed by atoms with Crippen LogP contribution in [0, 0.1) is 12.8 Å². The zero-order valence-electron chi connectivity index (χ0n) is 17.8. The average Bonchev–Trinajstić information content (AvgIpc) is 2.77. The summed E-state index contributed by atoms with van der Waals surface area (Å²) >= 11 is 0. The Kier molecular flexibility index (Phi) is 7.50. The van der Waals surface area contributed by atoms with Crippen LogP contribution in [0.3, 0.4) is 0 Å². The third-order valence-electron chi connectivity index (χ3n) is 5.58. The molecule has 0 aliphatic carbocycles. The zero-order valence-corrected chi connectivity index (χ0v) is 18.6. The van der Waals surface area contributed by atoms with Crippen molar-refractivity contribution in [1.29, 1.82) is 0 Å². The molecule has 1 aliphatic heterocycles. The second-order valence-electron chi connectivity index (χ2n) is 7.92. The molecule has 1 N–H and O–H groups in total. The predicted octanol–water partition coefficient (Wildman–Crippen LogP) is 3.04. The van der Waals surface area contributed by atoms with Crippen molar-refractivity contribution in [3.05, 3.63) is 60.2 Å². The number of carbonyl (C=O) groups is 1. The first kappa shape index (κ1) is 22.3. The van der Waals surface area contributed by atoms with E-state index in [0.29, 0.717) is 19.5 Å². The normalized spacial score (nSPS) is 17.5. The summed E-state index contributed by atoms with van der Waals surface area (Å²) in [5.74, 6) is -0.355. The number of carbonyl (C=O) groups excluding carboxylic acids is 1. The van der Waals surface area contributed by atoms with E-state index in [2.05, 4.69) is 22.3 Å². The van der Waals surface area contributed by atoms with Crippen LogP contribution in [0.4, 0.5) is 5.69 Å². The molecule has 1 saturated heterocycles. The highest BCUT2D eigenvalue weighted by atomic mass is 32.2. The number of rotatable bonds is 8. The second-order valence-corrected chi connectivity index (χ2v) is 9.85. The summed E-state index contributed by atoms with van der Waals surface area (Å²) in [6.07, 6.45) is 2.24. The van der Waals surface area contributed by atoms with E-state index in [9.17, 15) is 13.2 Å². The molecule has 0 unspecified atom stereocenters. The summed E-state index contributed by atoms with van der Waals surface area (Å²) in [7, 11) is -1.53. The van der Waals surface area contributed by atoms with Crippen LogP contribution in [0.2, 0.25) is 0 Å². The van der Waals surface area contributed by atoms with E-state index in [0.717, 1.165) is 30.6 Å². The van der Waals surface area contributed by atoms with Gasteiger partial charge >= 0.3 is 0 Å². The van der Waals surface area contributed by atoms with E-state index >= 15 is 0 Å². The summed E-state index contributed by atoms with van der Waals surface area (Å²) in [4.78, 5) is 15.1. The maximum absolute atomic E-state index is 12.9. The number of hydrogen-bond donors (Lipinski definition) is 1. The minimum Gasteiger partial charge on any atom is -0.375 e. The van der Waals surface area contributed by atoms with E-state index < -0.39 is 10.0 Å². The molecule has 7 heteroatoms. The van der Waals surface area contributed by atoms with Crippen molar-refractivity contribution < 1.29 is 13.2 Å². The molecular weight excluding hydrogens is 398 g/mol. The number of nitrogens with one attached hydrogen (secondary N) is 1. The first-order valence-electron chi connectivity index (χ1n) is 10.5. The highest BCUT2D eigenvalue weighted by Gasteiger charge is 2.33. The second kappa shape index (κ2) is 10.1. The summed E-state index contributed by atoms with van der Waals surface area (Å²) in [5.41, 5.74) is 2.16. The fourth-order valence-electron chi connectivity index (χ4n) is 3.72. The molecule has 0 aromatic heterocycles. The first-order chi connectivity index (χ1) is 14.4. The van der Waals surface area contributed by atoms with Gasteiger partial charge in [0.05, 0.1) is 10.8 Å². The molecule has 1 fully saturated rings. The monoisotopic (exact) mass is 429 g/mol. The van der Waals surface area contributed by atoms with Gasteiger partial charge in [-0.15, -0.1) is 0 Å². The van der Waals surface area contributed by atoms with Gasteiger partial charge in [0.2, 0.25) is 15.9 Å². The molecule has 6 nitrogen and oxygen atoms in total. The molecule has 0 bridgehead atoms. The Morgan fingerprint density at radius 2 is 1.83 bits per heavy atom. The molecule has 162 valence electrons. The summed E-state index contributed by atoms with van der Waals surface area (Å²) in [6, 6.07) is 17.0. The minimum atomic E-state index is -3.57. The number of para-hydroxylation sites is 1. The SMILES string of the molecule is Cc1ccc(S(=O)(=O)N2CCC[C@@H](C(=O)NCCCN(C)c3ccccc3)C2)cc1. The van der Waals surface area contributed by atoms with Crippen molar-refractivity contribution in [1.82, 2.24) is 9.62 Å². The maximum atomic E-state index is 12.9. The molecule has 3 rings (SSSR count). The molecule has 2 aromatic carbocycles. The number of anilines is 1. The van der Waals surface area contributed by atoms with E-state index in [1.165, 1.54) is 4.31 Å². The molecule has 1 atom stereocenters. The molecule has 1 heterocycles. The van der Waals surface area contributed by atoms with Crippen LogP contribution in [-0.4, -0.2) is 51.9 Å². The van der Waals surface area contributed by atoms with Gasteiger partial charge in [-0.2, -0.15) is 4.31 Å². The fourth-order valence-corrected chi connectivity index (χ4v) is 5.24. The predicted molar refractivity (Wildman–Crippen MR) is 120 cm³/mol. The van der Waals surface area contributed by atoms with Gasteiger partial charge in [0.25, 0.3) is 0 Å². The molecule has 30 heavy (non-hydrogen) atoms. The number of nitrogens with zero attached hydrogens (tertiary/aromatic N) is 2. The van der Waals surface area contributed by atoms with Gasteiger partial charge < -0.3 is 10.2 Å². The molecule has 2 aromatic rings. The summed E-state index contributed by atoms with van der Waals surface area (Å²) < 4.78 is 27.3. The first-order valence-corrected chi connectivity index (χ1v) is 11.9. The molecule has 0 radical (unpaired) electrons. The van der Waals surface area contributed by atoms with Crippen molar-refractivity contribution in [2.75, 3.05) is 38.1 Å². The van der Waals surface area contributed by atoms with Crippen LogP contribution >= 0.6 is 0 Å². The van der Waals surface area contributed by atoms with E-state index in [-0.39, 0.29) is 23.3 Å². The summed E-state index contributed by atoms with van der Waals surface area (Å²) in [6.45, 7) is 4.04. The highest BCUT2D eigenvalue weighted by Crippen LogP contribution is 2.24. The number of benzene rings is 2. The van der Waals surface area contributed by atoms with Gasteiger partial charge in [0, 0.05) is 38.9 Å². The van der Waals surface area contributed by atoms with Gasteiger partial charge in [0.15, 0.2) is 0 Å².